The molecule has 0 aliphatic rings. The van der Waals surface area contributed by atoms with Crippen molar-refractivity contribution < 1.29 is 8.42 Å². The molecule has 29 heavy (non-hydrogen) atoms. The van der Waals surface area contributed by atoms with Gasteiger partial charge in [-0.3, -0.25) is 4.98 Å². The molecule has 0 atom stereocenters. The van der Waals surface area contributed by atoms with Crippen molar-refractivity contribution in [1.82, 2.24) is 19.3 Å². The number of aromatic nitrogens is 3. The molecule has 0 radical (unpaired) electrons. The van der Waals surface area contributed by atoms with Gasteiger partial charge in [-0.15, -0.1) is 0 Å². The molecule has 154 valence electrons. The molecule has 6 nitrogen and oxygen atoms in total. The number of halogens is 1. The van der Waals surface area contributed by atoms with E-state index in [1.165, 1.54) is 0 Å². The Balaban J connectivity index is 2.07. The van der Waals surface area contributed by atoms with Crippen LogP contribution in [0.5, 0.6) is 0 Å². The summed E-state index contributed by atoms with van der Waals surface area (Å²) in [7, 11) is -3.34. The first-order chi connectivity index (χ1) is 13.7. The molecule has 0 saturated heterocycles. The van der Waals surface area contributed by atoms with Crippen molar-refractivity contribution in [2.45, 2.75) is 42.8 Å². The van der Waals surface area contributed by atoms with Crippen LogP contribution in [0, 0.1) is 0 Å². The Morgan fingerprint density at radius 1 is 1.21 bits per heavy atom. The second kappa shape index (κ2) is 9.30. The van der Waals surface area contributed by atoms with Gasteiger partial charge < -0.3 is 4.57 Å². The number of sulfonamides is 1. The number of nitrogens with zero attached hydrogens (tertiary/aromatic N) is 3. The van der Waals surface area contributed by atoms with Crippen LogP contribution in [-0.2, 0) is 23.1 Å². The molecule has 0 aliphatic carbocycles. The van der Waals surface area contributed by atoms with E-state index >= 15 is 0 Å². The number of rotatable bonds is 8. The molecule has 9 heteroatoms. The number of nitrogens with one attached hydrogen (secondary N) is 1. The number of hydrogen-bond donors (Lipinski definition) is 1. The summed E-state index contributed by atoms with van der Waals surface area (Å²) in [6, 6.07) is 13.4. The highest BCUT2D eigenvalue weighted by Gasteiger charge is 2.21. The zero-order chi connectivity index (χ0) is 21.0. The van der Waals surface area contributed by atoms with Gasteiger partial charge in [0, 0.05) is 16.1 Å². The van der Waals surface area contributed by atoms with Crippen molar-refractivity contribution in [3.05, 3.63) is 70.9 Å². The average molecular weight is 451 g/mol. The number of benzene rings is 1. The van der Waals surface area contributed by atoms with Gasteiger partial charge in [-0.2, -0.15) is 0 Å². The third-order valence-corrected chi connectivity index (χ3v) is 6.14. The van der Waals surface area contributed by atoms with Gasteiger partial charge in [0.05, 0.1) is 30.7 Å². The molecule has 0 spiro atoms. The minimum atomic E-state index is -3.34. The van der Waals surface area contributed by atoms with Crippen molar-refractivity contribution in [3.63, 3.8) is 0 Å². The van der Waals surface area contributed by atoms with E-state index in [0.29, 0.717) is 17.4 Å². The fourth-order valence-electron chi connectivity index (χ4n) is 2.78. The molecular weight excluding hydrogens is 428 g/mol. The number of imidazole rings is 1. The lowest BCUT2D eigenvalue weighted by Crippen LogP contribution is -2.23. The molecule has 0 saturated carbocycles. The van der Waals surface area contributed by atoms with E-state index in [4.69, 9.17) is 16.6 Å². The molecular formula is C20H23ClN4O2S2. The van der Waals surface area contributed by atoms with Crippen LogP contribution in [0.4, 0.5) is 0 Å². The van der Waals surface area contributed by atoms with Crippen LogP contribution in [0.1, 0.15) is 37.0 Å². The Morgan fingerprint density at radius 3 is 2.62 bits per heavy atom. The third-order valence-electron chi connectivity index (χ3n) is 4.12. The van der Waals surface area contributed by atoms with E-state index < -0.39 is 10.0 Å². The van der Waals surface area contributed by atoms with Gasteiger partial charge in [0.1, 0.15) is 10.9 Å². The number of hydrogen-bond acceptors (Lipinski definition) is 5. The van der Waals surface area contributed by atoms with Crippen LogP contribution in [0.2, 0.25) is 5.02 Å². The van der Waals surface area contributed by atoms with E-state index in [9.17, 15) is 8.42 Å². The highest BCUT2D eigenvalue weighted by Crippen LogP contribution is 2.36. The first kappa shape index (κ1) is 21.8. The summed E-state index contributed by atoms with van der Waals surface area (Å²) in [6.45, 7) is 4.75. The molecule has 1 N–H and O–H groups in total. The predicted octanol–water partition coefficient (Wildman–Crippen LogP) is 4.30. The lowest BCUT2D eigenvalue weighted by atomic mass is 10.1. The molecule has 2 aromatic heterocycles. The highest BCUT2D eigenvalue weighted by atomic mass is 35.5. The van der Waals surface area contributed by atoms with Gasteiger partial charge >= 0.3 is 0 Å². The Bertz CT molecular complexity index is 1080. The third kappa shape index (κ3) is 6.05. The van der Waals surface area contributed by atoms with E-state index in [1.54, 1.807) is 18.0 Å². The van der Waals surface area contributed by atoms with Crippen molar-refractivity contribution in [1.29, 1.82) is 0 Å². The van der Waals surface area contributed by atoms with Crippen LogP contribution < -0.4 is 4.72 Å². The highest BCUT2D eigenvalue weighted by molar-refractivity contribution is 7.99. The van der Waals surface area contributed by atoms with Crippen molar-refractivity contribution in [2.24, 2.45) is 0 Å². The van der Waals surface area contributed by atoms with Gasteiger partial charge in [-0.05, 0) is 36.2 Å². The molecule has 3 aromatic rings. The molecule has 2 heterocycles. The maximum Gasteiger partial charge on any atom is 0.209 e. The summed E-state index contributed by atoms with van der Waals surface area (Å²) in [6.07, 6.45) is 2.89. The van der Waals surface area contributed by atoms with Gasteiger partial charge in [0.2, 0.25) is 10.0 Å². The average Bonchev–Trinajstić information content (AvgIpc) is 2.98. The van der Waals surface area contributed by atoms with Crippen LogP contribution in [0.3, 0.4) is 0 Å². The molecule has 0 bridgehead atoms. The zero-order valence-electron chi connectivity index (χ0n) is 16.5. The Hall–Kier alpha value is -1.87. The van der Waals surface area contributed by atoms with Crippen LogP contribution >= 0.6 is 23.4 Å². The van der Waals surface area contributed by atoms with Gasteiger partial charge in [-0.1, -0.05) is 49.3 Å². The molecule has 3 rings (SSSR count). The van der Waals surface area contributed by atoms with Gasteiger partial charge in [-0.25, -0.2) is 18.1 Å². The Morgan fingerprint density at radius 2 is 2.00 bits per heavy atom. The SMILES string of the molecule is CC(C)c1nc(CNS(C)(=O)=O)n(Cc2ccccn2)c1Sc1cccc(Cl)c1. The van der Waals surface area contributed by atoms with Crippen molar-refractivity contribution in [2.75, 3.05) is 6.26 Å². The van der Waals surface area contributed by atoms with E-state index in [-0.39, 0.29) is 12.5 Å². The lowest BCUT2D eigenvalue weighted by molar-refractivity contribution is 0.579. The summed E-state index contributed by atoms with van der Waals surface area (Å²) in [5.41, 5.74) is 1.78. The minimum absolute atomic E-state index is 0.113. The monoisotopic (exact) mass is 450 g/mol. The minimum Gasteiger partial charge on any atom is -0.315 e. The molecule has 1 aromatic carbocycles. The van der Waals surface area contributed by atoms with E-state index in [2.05, 4.69) is 23.6 Å². The first-order valence-corrected chi connectivity index (χ1v) is 12.2. The van der Waals surface area contributed by atoms with Gasteiger partial charge in [0.15, 0.2) is 0 Å². The summed E-state index contributed by atoms with van der Waals surface area (Å²) in [4.78, 5) is 10.2. The maximum atomic E-state index is 11.6. The second-order valence-electron chi connectivity index (χ2n) is 6.93. The van der Waals surface area contributed by atoms with E-state index in [0.717, 1.165) is 27.6 Å². The summed E-state index contributed by atoms with van der Waals surface area (Å²) in [5.74, 6) is 0.813. The quantitative estimate of drug-likeness (QED) is 0.553. The largest absolute Gasteiger partial charge is 0.315 e. The van der Waals surface area contributed by atoms with Gasteiger partial charge in [0.25, 0.3) is 0 Å². The standard InChI is InChI=1S/C20H23ClN4O2S2/c1-14(2)19-20(28-17-9-6-7-15(21)11-17)25(13-16-8-4-5-10-22-16)18(24-19)12-23-29(3,26)27/h4-11,14,23H,12-13H2,1-3H3. The van der Waals surface area contributed by atoms with Crippen molar-refractivity contribution >= 4 is 33.4 Å². The second-order valence-corrected chi connectivity index (χ2v) is 10.3. The fourth-order valence-corrected chi connectivity index (χ4v) is 4.64. The van der Waals surface area contributed by atoms with Crippen LogP contribution in [0.15, 0.2) is 58.6 Å². The molecule has 0 amide bonds. The normalized spacial score (nSPS) is 11.9. The first-order valence-electron chi connectivity index (χ1n) is 9.10. The molecule has 0 fully saturated rings. The smallest absolute Gasteiger partial charge is 0.209 e. The Labute approximate surface area is 180 Å². The Kier molecular flexibility index (Phi) is 7.00. The maximum absolute atomic E-state index is 11.6. The zero-order valence-corrected chi connectivity index (χ0v) is 18.9. The summed E-state index contributed by atoms with van der Waals surface area (Å²) < 4.78 is 27.9. The van der Waals surface area contributed by atoms with E-state index in [1.807, 2.05) is 47.0 Å². The van der Waals surface area contributed by atoms with Crippen molar-refractivity contribution in [3.8, 4) is 0 Å². The summed E-state index contributed by atoms with van der Waals surface area (Å²) >= 11 is 7.73. The predicted molar refractivity (Wildman–Crippen MR) is 117 cm³/mol. The van der Waals surface area contributed by atoms with Crippen LogP contribution in [0.25, 0.3) is 0 Å². The number of pyridine rings is 1. The fraction of sp³-hybridized carbons (Fsp3) is 0.300. The topological polar surface area (TPSA) is 76.9 Å². The lowest BCUT2D eigenvalue weighted by Gasteiger charge is -2.13. The summed E-state index contributed by atoms with van der Waals surface area (Å²) in [5, 5.41) is 1.62. The van der Waals surface area contributed by atoms with Crippen LogP contribution in [-0.4, -0.2) is 29.2 Å². The molecule has 0 unspecified atom stereocenters. The molecule has 0 aliphatic heterocycles.